The highest BCUT2D eigenvalue weighted by atomic mass is 16.5. The fourth-order valence-corrected chi connectivity index (χ4v) is 2.26. The van der Waals surface area contributed by atoms with Crippen molar-refractivity contribution in [3.05, 3.63) is 72.8 Å². The third-order valence-electron chi connectivity index (χ3n) is 3.53. The van der Waals surface area contributed by atoms with Gasteiger partial charge in [0, 0.05) is 11.0 Å². The molecule has 3 aromatic rings. The van der Waals surface area contributed by atoms with Crippen LogP contribution in [-0.4, -0.2) is 11.1 Å². The molecule has 3 rings (SSSR count). The maximum Gasteiger partial charge on any atom is 0.338 e. The summed E-state index contributed by atoms with van der Waals surface area (Å²) in [4.78, 5) is 11.8. The fourth-order valence-electron chi connectivity index (χ4n) is 2.26. The van der Waals surface area contributed by atoms with Gasteiger partial charge in [-0.05, 0) is 30.5 Å². The molecule has 124 valence electrons. The van der Waals surface area contributed by atoms with Crippen LogP contribution in [0.15, 0.2) is 83.0 Å². The van der Waals surface area contributed by atoms with Crippen molar-refractivity contribution in [2.24, 2.45) is 10.2 Å². The molecule has 0 saturated carbocycles. The van der Waals surface area contributed by atoms with Gasteiger partial charge in [-0.1, -0.05) is 49.0 Å². The molecule has 5 heteroatoms. The lowest BCUT2D eigenvalue weighted by molar-refractivity contribution is -0.130. The molecule has 5 nitrogen and oxygen atoms in total. The third-order valence-corrected chi connectivity index (χ3v) is 3.53. The molecule has 0 radical (unpaired) electrons. The summed E-state index contributed by atoms with van der Waals surface area (Å²) in [5.41, 5.74) is 1.13. The van der Waals surface area contributed by atoms with Crippen LogP contribution in [0.5, 0.6) is 11.5 Å². The number of rotatable bonds is 4. The van der Waals surface area contributed by atoms with E-state index in [2.05, 4.69) is 16.8 Å². The average Bonchev–Trinajstić information content (AvgIpc) is 2.62. The normalized spacial score (nSPS) is 10.9. The first-order valence-electron chi connectivity index (χ1n) is 7.65. The summed E-state index contributed by atoms with van der Waals surface area (Å²) in [5.74, 6) is -0.835. The van der Waals surface area contributed by atoms with Gasteiger partial charge in [-0.15, -0.1) is 5.11 Å². The summed E-state index contributed by atoms with van der Waals surface area (Å²) in [6, 6.07) is 18.1. The Bertz CT molecular complexity index is 979. The van der Waals surface area contributed by atoms with E-state index in [1.807, 2.05) is 42.5 Å². The standard InChI is InChI=1S/C20H16N2O3/c1-13(2)20(24)25-17-12-14-8-6-7-11-16(14)18(19(17)23)22-21-15-9-4-3-5-10-15/h3-12,23H,1H2,2H3. The second-order valence-electron chi connectivity index (χ2n) is 5.50. The van der Waals surface area contributed by atoms with Gasteiger partial charge >= 0.3 is 5.97 Å². The van der Waals surface area contributed by atoms with Crippen LogP contribution in [0.1, 0.15) is 6.92 Å². The number of azo groups is 1. The predicted octanol–water partition coefficient (Wildman–Crippen LogP) is 5.44. The van der Waals surface area contributed by atoms with Crippen molar-refractivity contribution < 1.29 is 14.6 Å². The van der Waals surface area contributed by atoms with Crippen molar-refractivity contribution in [2.45, 2.75) is 6.92 Å². The van der Waals surface area contributed by atoms with Gasteiger partial charge in [-0.3, -0.25) is 0 Å². The first-order chi connectivity index (χ1) is 12.1. The van der Waals surface area contributed by atoms with E-state index in [1.165, 1.54) is 6.92 Å². The molecule has 0 aliphatic carbocycles. The number of nitrogens with zero attached hydrogens (tertiary/aromatic N) is 2. The van der Waals surface area contributed by atoms with Gasteiger partial charge < -0.3 is 9.84 Å². The number of aromatic hydroxyl groups is 1. The number of carbonyl (C=O) groups excluding carboxylic acids is 1. The first-order valence-corrected chi connectivity index (χ1v) is 7.65. The van der Waals surface area contributed by atoms with Gasteiger partial charge in [0.25, 0.3) is 0 Å². The van der Waals surface area contributed by atoms with Gasteiger partial charge in [-0.25, -0.2) is 4.79 Å². The lowest BCUT2D eigenvalue weighted by atomic mass is 10.1. The van der Waals surface area contributed by atoms with E-state index >= 15 is 0 Å². The summed E-state index contributed by atoms with van der Waals surface area (Å²) >= 11 is 0. The molecule has 0 aliphatic heterocycles. The molecular formula is C20H16N2O3. The minimum Gasteiger partial charge on any atom is -0.503 e. The molecule has 3 aromatic carbocycles. The number of hydrogen-bond acceptors (Lipinski definition) is 5. The van der Waals surface area contributed by atoms with Gasteiger partial charge in [0.1, 0.15) is 5.69 Å². The minimum absolute atomic E-state index is 0.0220. The first kappa shape index (κ1) is 16.4. The van der Waals surface area contributed by atoms with Crippen LogP contribution < -0.4 is 4.74 Å². The van der Waals surface area contributed by atoms with E-state index in [-0.39, 0.29) is 22.8 Å². The maximum atomic E-state index is 11.8. The smallest absolute Gasteiger partial charge is 0.338 e. The van der Waals surface area contributed by atoms with E-state index in [4.69, 9.17) is 4.74 Å². The topological polar surface area (TPSA) is 71.2 Å². The van der Waals surface area contributed by atoms with Gasteiger partial charge in [-0.2, -0.15) is 5.11 Å². The number of fused-ring (bicyclic) bond motifs is 1. The predicted molar refractivity (Wildman–Crippen MR) is 96.7 cm³/mol. The Kier molecular flexibility index (Phi) is 4.57. The Morgan fingerprint density at radius 3 is 2.44 bits per heavy atom. The molecule has 0 spiro atoms. The van der Waals surface area contributed by atoms with E-state index in [1.54, 1.807) is 18.2 Å². The number of ether oxygens (including phenoxy) is 1. The molecule has 0 bridgehead atoms. The third kappa shape index (κ3) is 3.55. The van der Waals surface area contributed by atoms with Crippen LogP contribution in [0.25, 0.3) is 10.8 Å². The summed E-state index contributed by atoms with van der Waals surface area (Å²) in [6.45, 7) is 5.08. The van der Waals surface area contributed by atoms with E-state index < -0.39 is 5.97 Å². The van der Waals surface area contributed by atoms with E-state index in [0.717, 1.165) is 5.39 Å². The summed E-state index contributed by atoms with van der Waals surface area (Å²) in [5, 5.41) is 20.3. The van der Waals surface area contributed by atoms with E-state index in [9.17, 15) is 9.90 Å². The Labute approximate surface area is 144 Å². The zero-order valence-electron chi connectivity index (χ0n) is 13.6. The van der Waals surface area contributed by atoms with Crippen molar-refractivity contribution in [3.63, 3.8) is 0 Å². The SMILES string of the molecule is C=C(C)C(=O)Oc1cc2ccccc2c(N=Nc2ccccc2)c1O. The molecule has 0 unspecified atom stereocenters. The van der Waals surface area contributed by atoms with Crippen molar-refractivity contribution in [3.8, 4) is 11.5 Å². The van der Waals surface area contributed by atoms with Crippen molar-refractivity contribution in [1.82, 2.24) is 0 Å². The summed E-state index contributed by atoms with van der Waals surface area (Å²) < 4.78 is 5.22. The number of phenolic OH excluding ortho intramolecular Hbond substituents is 1. The van der Waals surface area contributed by atoms with Gasteiger partial charge in [0.2, 0.25) is 0 Å². The molecule has 0 amide bonds. The molecule has 0 heterocycles. The van der Waals surface area contributed by atoms with Crippen molar-refractivity contribution in [2.75, 3.05) is 0 Å². The maximum absolute atomic E-state index is 11.8. The fraction of sp³-hybridized carbons (Fsp3) is 0.0500. The minimum atomic E-state index is -0.614. The quantitative estimate of drug-likeness (QED) is 0.299. The lowest BCUT2D eigenvalue weighted by Crippen LogP contribution is -2.08. The van der Waals surface area contributed by atoms with Crippen LogP contribution in [-0.2, 0) is 4.79 Å². The second kappa shape index (κ2) is 6.97. The highest BCUT2D eigenvalue weighted by Gasteiger charge is 2.16. The zero-order chi connectivity index (χ0) is 17.8. The molecule has 0 atom stereocenters. The lowest BCUT2D eigenvalue weighted by Gasteiger charge is -2.10. The molecule has 0 fully saturated rings. The zero-order valence-corrected chi connectivity index (χ0v) is 13.6. The molecule has 25 heavy (non-hydrogen) atoms. The number of benzene rings is 3. The average molecular weight is 332 g/mol. The highest BCUT2D eigenvalue weighted by molar-refractivity contribution is 5.98. The van der Waals surface area contributed by atoms with Crippen LogP contribution in [0.3, 0.4) is 0 Å². The Balaban J connectivity index is 2.11. The van der Waals surface area contributed by atoms with Crippen molar-refractivity contribution >= 4 is 28.1 Å². The Morgan fingerprint density at radius 2 is 1.72 bits per heavy atom. The Hall–Kier alpha value is -3.47. The van der Waals surface area contributed by atoms with Crippen LogP contribution in [0.2, 0.25) is 0 Å². The molecule has 0 aliphatic rings. The van der Waals surface area contributed by atoms with Gasteiger partial charge in [0.05, 0.1) is 5.69 Å². The number of esters is 1. The number of hydrogen-bond donors (Lipinski definition) is 1. The van der Waals surface area contributed by atoms with Crippen LogP contribution >= 0.6 is 0 Å². The van der Waals surface area contributed by atoms with Crippen LogP contribution in [0.4, 0.5) is 11.4 Å². The molecular weight excluding hydrogens is 316 g/mol. The Morgan fingerprint density at radius 1 is 1.04 bits per heavy atom. The monoisotopic (exact) mass is 332 g/mol. The molecule has 0 aromatic heterocycles. The largest absolute Gasteiger partial charge is 0.503 e. The van der Waals surface area contributed by atoms with Gasteiger partial charge in [0.15, 0.2) is 11.5 Å². The molecule has 0 saturated heterocycles. The number of carbonyl (C=O) groups is 1. The van der Waals surface area contributed by atoms with E-state index in [0.29, 0.717) is 11.1 Å². The highest BCUT2D eigenvalue weighted by Crippen LogP contribution is 2.43. The van der Waals surface area contributed by atoms with Crippen molar-refractivity contribution in [1.29, 1.82) is 0 Å². The second-order valence-corrected chi connectivity index (χ2v) is 5.50. The number of phenols is 1. The van der Waals surface area contributed by atoms with Crippen LogP contribution in [0, 0.1) is 0 Å². The molecule has 1 N–H and O–H groups in total. The summed E-state index contributed by atoms with van der Waals surface area (Å²) in [7, 11) is 0. The summed E-state index contributed by atoms with van der Waals surface area (Å²) in [6.07, 6.45) is 0.